The Kier molecular flexibility index (Phi) is 9.01. The fourth-order valence-corrected chi connectivity index (χ4v) is 2.69. The normalized spacial score (nSPS) is 10.8. The molecule has 0 saturated heterocycles. The van der Waals surface area contributed by atoms with Crippen molar-refractivity contribution in [2.45, 2.75) is 11.3 Å². The molecular formula is C11H19IN2O2S2. The Morgan fingerprint density at radius 2 is 1.83 bits per heavy atom. The summed E-state index contributed by atoms with van der Waals surface area (Å²) >= 11 is 1.77. The fourth-order valence-electron chi connectivity index (χ4n) is 1.27. The number of benzene rings is 1. The van der Waals surface area contributed by atoms with E-state index in [4.69, 9.17) is 0 Å². The second kappa shape index (κ2) is 9.00. The van der Waals surface area contributed by atoms with Gasteiger partial charge < -0.3 is 5.32 Å². The van der Waals surface area contributed by atoms with Crippen molar-refractivity contribution in [1.29, 1.82) is 0 Å². The van der Waals surface area contributed by atoms with E-state index >= 15 is 0 Å². The van der Waals surface area contributed by atoms with Crippen molar-refractivity contribution in [1.82, 2.24) is 5.32 Å². The highest BCUT2D eigenvalue weighted by Crippen LogP contribution is 2.21. The predicted octanol–water partition coefficient (Wildman–Crippen LogP) is 2.38. The van der Waals surface area contributed by atoms with Gasteiger partial charge in [0.1, 0.15) is 0 Å². The van der Waals surface area contributed by atoms with E-state index in [-0.39, 0.29) is 24.0 Å². The summed E-state index contributed by atoms with van der Waals surface area (Å²) in [7, 11) is -1.24. The average Bonchev–Trinajstić information content (AvgIpc) is 2.25. The van der Waals surface area contributed by atoms with E-state index in [0.717, 1.165) is 29.9 Å². The molecule has 0 radical (unpaired) electrons. The molecule has 0 saturated carbocycles. The van der Waals surface area contributed by atoms with Gasteiger partial charge in [-0.15, -0.1) is 35.7 Å². The molecule has 104 valence electrons. The minimum Gasteiger partial charge on any atom is -0.320 e. The van der Waals surface area contributed by atoms with Gasteiger partial charge in [0, 0.05) is 10.6 Å². The molecule has 0 unspecified atom stereocenters. The topological polar surface area (TPSA) is 58.2 Å². The lowest BCUT2D eigenvalue weighted by Gasteiger charge is -2.05. The van der Waals surface area contributed by atoms with Crippen molar-refractivity contribution in [2.24, 2.45) is 0 Å². The van der Waals surface area contributed by atoms with Gasteiger partial charge in [-0.1, -0.05) is 0 Å². The van der Waals surface area contributed by atoms with Crippen LogP contribution in [0.4, 0.5) is 5.69 Å². The van der Waals surface area contributed by atoms with Crippen molar-refractivity contribution < 1.29 is 8.42 Å². The van der Waals surface area contributed by atoms with E-state index in [1.54, 1.807) is 23.9 Å². The van der Waals surface area contributed by atoms with Gasteiger partial charge in [0.15, 0.2) is 0 Å². The van der Waals surface area contributed by atoms with Crippen LogP contribution in [0.3, 0.4) is 0 Å². The van der Waals surface area contributed by atoms with Crippen molar-refractivity contribution in [3.05, 3.63) is 24.3 Å². The highest BCUT2D eigenvalue weighted by atomic mass is 127. The van der Waals surface area contributed by atoms with E-state index in [0.29, 0.717) is 5.69 Å². The Hall–Kier alpha value is 0.01000. The van der Waals surface area contributed by atoms with Crippen LogP contribution < -0.4 is 10.0 Å². The first kappa shape index (κ1) is 18.0. The minimum atomic E-state index is -3.18. The van der Waals surface area contributed by atoms with Gasteiger partial charge >= 0.3 is 0 Å². The summed E-state index contributed by atoms with van der Waals surface area (Å²) in [6.45, 7) is 1.01. The Morgan fingerprint density at radius 1 is 1.22 bits per heavy atom. The Balaban J connectivity index is 0.00000289. The molecule has 1 aromatic rings. The molecule has 1 aromatic carbocycles. The number of rotatable bonds is 7. The van der Waals surface area contributed by atoms with E-state index in [1.807, 2.05) is 19.2 Å². The molecule has 4 nitrogen and oxygen atoms in total. The number of anilines is 1. The summed E-state index contributed by atoms with van der Waals surface area (Å²) < 4.78 is 24.5. The van der Waals surface area contributed by atoms with Gasteiger partial charge in [0.05, 0.1) is 6.26 Å². The van der Waals surface area contributed by atoms with Crippen LogP contribution in [-0.2, 0) is 10.0 Å². The van der Waals surface area contributed by atoms with Gasteiger partial charge in [-0.2, -0.15) is 0 Å². The maximum atomic E-state index is 11.0. The monoisotopic (exact) mass is 402 g/mol. The molecule has 0 aliphatic carbocycles. The second-order valence-electron chi connectivity index (χ2n) is 3.70. The standard InChI is InChI=1S/C11H18N2O2S2.HI/c1-12-8-3-9-16-11-6-4-10(5-7-11)13-17(2,14)15;/h4-7,12-13H,3,8-9H2,1-2H3;1H. The highest BCUT2D eigenvalue weighted by Gasteiger charge is 2.01. The molecule has 0 fully saturated rings. The molecule has 0 aliphatic heterocycles. The molecule has 2 N–H and O–H groups in total. The molecule has 0 aromatic heterocycles. The first-order valence-corrected chi connectivity index (χ1v) is 8.24. The maximum absolute atomic E-state index is 11.0. The summed E-state index contributed by atoms with van der Waals surface area (Å²) in [4.78, 5) is 1.15. The third-order valence-electron chi connectivity index (χ3n) is 2.00. The van der Waals surface area contributed by atoms with Crippen LogP contribution >= 0.6 is 35.7 Å². The summed E-state index contributed by atoms with van der Waals surface area (Å²) in [5.41, 5.74) is 0.604. The largest absolute Gasteiger partial charge is 0.320 e. The summed E-state index contributed by atoms with van der Waals surface area (Å²) in [6, 6.07) is 7.41. The van der Waals surface area contributed by atoms with E-state index in [1.165, 1.54) is 0 Å². The number of sulfonamides is 1. The zero-order chi connectivity index (χ0) is 12.7. The third-order valence-corrected chi connectivity index (χ3v) is 3.70. The van der Waals surface area contributed by atoms with Gasteiger partial charge in [0.2, 0.25) is 10.0 Å². The summed E-state index contributed by atoms with van der Waals surface area (Å²) in [5.74, 6) is 1.06. The lowest BCUT2D eigenvalue weighted by Crippen LogP contribution is -2.09. The van der Waals surface area contributed by atoms with Crippen molar-refractivity contribution in [3.8, 4) is 0 Å². The summed E-state index contributed by atoms with van der Waals surface area (Å²) in [6.07, 6.45) is 2.26. The number of halogens is 1. The van der Waals surface area contributed by atoms with Crippen LogP contribution in [0.25, 0.3) is 0 Å². The van der Waals surface area contributed by atoms with Crippen molar-refractivity contribution in [2.75, 3.05) is 30.3 Å². The maximum Gasteiger partial charge on any atom is 0.229 e. The van der Waals surface area contributed by atoms with Gasteiger partial charge in [-0.05, 0) is 50.0 Å². The molecule has 0 spiro atoms. The van der Waals surface area contributed by atoms with Crippen molar-refractivity contribution in [3.63, 3.8) is 0 Å². The van der Waals surface area contributed by atoms with E-state index < -0.39 is 10.0 Å². The molecule has 0 atom stereocenters. The molecule has 0 bridgehead atoms. The van der Waals surface area contributed by atoms with Crippen LogP contribution in [0.2, 0.25) is 0 Å². The van der Waals surface area contributed by atoms with Crippen molar-refractivity contribution >= 4 is 51.4 Å². The Morgan fingerprint density at radius 3 is 2.33 bits per heavy atom. The smallest absolute Gasteiger partial charge is 0.229 e. The quantitative estimate of drug-likeness (QED) is 0.418. The van der Waals surface area contributed by atoms with Crippen LogP contribution in [0.5, 0.6) is 0 Å². The van der Waals surface area contributed by atoms with Gasteiger partial charge in [0.25, 0.3) is 0 Å². The fraction of sp³-hybridized carbons (Fsp3) is 0.455. The highest BCUT2D eigenvalue weighted by molar-refractivity contribution is 14.0. The molecule has 0 aliphatic rings. The lowest BCUT2D eigenvalue weighted by molar-refractivity contribution is 0.607. The van der Waals surface area contributed by atoms with Gasteiger partial charge in [-0.25, -0.2) is 8.42 Å². The molecule has 1 rings (SSSR count). The van der Waals surface area contributed by atoms with Crippen LogP contribution in [-0.4, -0.2) is 34.0 Å². The number of hydrogen-bond acceptors (Lipinski definition) is 4. The third kappa shape index (κ3) is 8.17. The molecule has 18 heavy (non-hydrogen) atoms. The zero-order valence-corrected chi connectivity index (χ0v) is 14.4. The number of nitrogens with one attached hydrogen (secondary N) is 2. The summed E-state index contributed by atoms with van der Waals surface area (Å²) in [5, 5.41) is 3.10. The van der Waals surface area contributed by atoms with E-state index in [2.05, 4.69) is 10.0 Å². The molecular weight excluding hydrogens is 383 g/mol. The first-order valence-electron chi connectivity index (χ1n) is 5.36. The second-order valence-corrected chi connectivity index (χ2v) is 6.62. The minimum absolute atomic E-state index is 0. The Labute approximate surface area is 130 Å². The molecule has 0 amide bonds. The van der Waals surface area contributed by atoms with E-state index in [9.17, 15) is 8.42 Å². The number of thioether (sulfide) groups is 1. The van der Waals surface area contributed by atoms with Crippen LogP contribution in [0.15, 0.2) is 29.2 Å². The first-order chi connectivity index (χ1) is 8.01. The Bertz CT molecular complexity index is 435. The predicted molar refractivity (Wildman–Crippen MR) is 89.6 cm³/mol. The average molecular weight is 402 g/mol. The zero-order valence-electron chi connectivity index (χ0n) is 10.5. The molecule has 0 heterocycles. The molecule has 7 heteroatoms. The van der Waals surface area contributed by atoms with Crippen LogP contribution in [0, 0.1) is 0 Å². The van der Waals surface area contributed by atoms with Gasteiger partial charge in [-0.3, -0.25) is 4.72 Å². The SMILES string of the molecule is CNCCCSc1ccc(NS(C)(=O)=O)cc1.I. The number of hydrogen-bond donors (Lipinski definition) is 2. The van der Waals surface area contributed by atoms with Crippen LogP contribution in [0.1, 0.15) is 6.42 Å². The lowest BCUT2D eigenvalue weighted by atomic mass is 10.3.